The van der Waals surface area contributed by atoms with Gasteiger partial charge in [0.15, 0.2) is 5.83 Å². The predicted octanol–water partition coefficient (Wildman–Crippen LogP) is 6.16. The summed E-state index contributed by atoms with van der Waals surface area (Å²) in [6, 6.07) is 12.1. The Balaban J connectivity index is 2.26. The maximum atomic E-state index is 14.0. The SMILES string of the molecule is CCCC/C(F)=C(/F)c1ccc(-c2ccc(C#N)c(F)c2)cc1. The van der Waals surface area contributed by atoms with Crippen molar-refractivity contribution in [3.8, 4) is 17.2 Å². The summed E-state index contributed by atoms with van der Waals surface area (Å²) >= 11 is 0. The first-order valence-electron chi connectivity index (χ1n) is 7.41. The third kappa shape index (κ3) is 4.01. The molecule has 118 valence electrons. The Kier molecular flexibility index (Phi) is 5.59. The Morgan fingerprint density at radius 2 is 1.70 bits per heavy atom. The summed E-state index contributed by atoms with van der Waals surface area (Å²) in [7, 11) is 0. The summed E-state index contributed by atoms with van der Waals surface area (Å²) in [5.74, 6) is -2.20. The van der Waals surface area contributed by atoms with Crippen LogP contribution in [0.15, 0.2) is 48.3 Å². The Hall–Kier alpha value is -2.54. The molecule has 0 aliphatic carbocycles. The second-order valence-electron chi connectivity index (χ2n) is 5.21. The number of nitrogens with zero attached hydrogens (tertiary/aromatic N) is 1. The molecule has 1 nitrogen and oxygen atoms in total. The van der Waals surface area contributed by atoms with Crippen molar-refractivity contribution < 1.29 is 13.2 Å². The van der Waals surface area contributed by atoms with E-state index in [2.05, 4.69) is 0 Å². The van der Waals surface area contributed by atoms with Gasteiger partial charge in [-0.3, -0.25) is 0 Å². The normalized spacial score (nSPS) is 11.8. The minimum Gasteiger partial charge on any atom is -0.209 e. The molecule has 4 heteroatoms. The number of nitriles is 1. The lowest BCUT2D eigenvalue weighted by Crippen LogP contribution is -1.87. The quantitative estimate of drug-likeness (QED) is 0.648. The Labute approximate surface area is 133 Å². The van der Waals surface area contributed by atoms with Gasteiger partial charge in [-0.1, -0.05) is 43.7 Å². The Bertz CT molecular complexity index is 755. The number of unbranched alkanes of at least 4 members (excludes halogenated alkanes) is 1. The number of allylic oxidation sites excluding steroid dienone is 1. The Morgan fingerprint density at radius 3 is 2.26 bits per heavy atom. The highest BCUT2D eigenvalue weighted by Crippen LogP contribution is 2.28. The second-order valence-corrected chi connectivity index (χ2v) is 5.21. The van der Waals surface area contributed by atoms with E-state index in [-0.39, 0.29) is 17.5 Å². The zero-order chi connectivity index (χ0) is 16.8. The lowest BCUT2D eigenvalue weighted by atomic mass is 10.0. The van der Waals surface area contributed by atoms with Crippen molar-refractivity contribution in [2.45, 2.75) is 26.2 Å². The molecule has 2 aromatic rings. The molecule has 23 heavy (non-hydrogen) atoms. The van der Waals surface area contributed by atoms with Gasteiger partial charge >= 0.3 is 0 Å². The molecule has 0 saturated carbocycles. The van der Waals surface area contributed by atoms with E-state index in [1.54, 1.807) is 24.3 Å². The molecule has 0 unspecified atom stereocenters. The van der Waals surface area contributed by atoms with Crippen LogP contribution < -0.4 is 0 Å². The van der Waals surface area contributed by atoms with Crippen LogP contribution in [-0.4, -0.2) is 0 Å². The van der Waals surface area contributed by atoms with Crippen LogP contribution in [0.1, 0.15) is 37.3 Å². The van der Waals surface area contributed by atoms with E-state index in [4.69, 9.17) is 5.26 Å². The maximum Gasteiger partial charge on any atom is 0.161 e. The molecule has 2 rings (SSSR count). The van der Waals surface area contributed by atoms with Crippen molar-refractivity contribution in [3.05, 3.63) is 65.2 Å². The zero-order valence-corrected chi connectivity index (χ0v) is 12.7. The van der Waals surface area contributed by atoms with Crippen molar-refractivity contribution in [2.24, 2.45) is 0 Å². The van der Waals surface area contributed by atoms with Gasteiger partial charge in [0.2, 0.25) is 0 Å². The van der Waals surface area contributed by atoms with E-state index in [0.717, 1.165) is 6.42 Å². The van der Waals surface area contributed by atoms with Crippen molar-refractivity contribution >= 4 is 5.83 Å². The number of rotatable bonds is 5. The molecular weight excluding hydrogens is 299 g/mol. The highest BCUT2D eigenvalue weighted by Gasteiger charge is 2.10. The first kappa shape index (κ1) is 16.8. The number of benzene rings is 2. The highest BCUT2D eigenvalue weighted by atomic mass is 19.2. The Morgan fingerprint density at radius 1 is 1.04 bits per heavy atom. The van der Waals surface area contributed by atoms with Crippen molar-refractivity contribution in [1.29, 1.82) is 5.26 Å². The summed E-state index contributed by atoms with van der Waals surface area (Å²) < 4.78 is 41.2. The fraction of sp³-hybridized carbons (Fsp3) is 0.211. The zero-order valence-electron chi connectivity index (χ0n) is 12.7. The van der Waals surface area contributed by atoms with Crippen LogP contribution in [0, 0.1) is 17.1 Å². The van der Waals surface area contributed by atoms with Crippen LogP contribution in [0.4, 0.5) is 13.2 Å². The molecule has 0 aromatic heterocycles. The molecule has 0 aliphatic rings. The van der Waals surface area contributed by atoms with Crippen molar-refractivity contribution in [2.75, 3.05) is 0 Å². The minimum absolute atomic E-state index is 0.0302. The molecule has 0 atom stereocenters. The van der Waals surface area contributed by atoms with Crippen LogP contribution in [0.5, 0.6) is 0 Å². The number of halogens is 3. The van der Waals surface area contributed by atoms with Gasteiger partial charge in [-0.25, -0.2) is 13.2 Å². The number of hydrogen-bond acceptors (Lipinski definition) is 1. The first-order valence-corrected chi connectivity index (χ1v) is 7.41. The van der Waals surface area contributed by atoms with Crippen LogP contribution in [0.25, 0.3) is 17.0 Å². The molecule has 0 radical (unpaired) electrons. The lowest BCUT2D eigenvalue weighted by molar-refractivity contribution is 0.548. The van der Waals surface area contributed by atoms with E-state index in [1.165, 1.54) is 24.3 Å². The van der Waals surface area contributed by atoms with Crippen LogP contribution in [0.2, 0.25) is 0 Å². The third-order valence-corrected chi connectivity index (χ3v) is 3.55. The van der Waals surface area contributed by atoms with Crippen LogP contribution in [0.3, 0.4) is 0 Å². The van der Waals surface area contributed by atoms with Gasteiger partial charge in [-0.2, -0.15) is 5.26 Å². The average molecular weight is 315 g/mol. The van der Waals surface area contributed by atoms with Gasteiger partial charge in [0.1, 0.15) is 17.7 Å². The van der Waals surface area contributed by atoms with Crippen molar-refractivity contribution in [1.82, 2.24) is 0 Å². The fourth-order valence-corrected chi connectivity index (χ4v) is 2.19. The molecule has 0 amide bonds. The molecule has 2 aromatic carbocycles. The third-order valence-electron chi connectivity index (χ3n) is 3.55. The van der Waals surface area contributed by atoms with E-state index in [1.807, 2.05) is 6.92 Å². The standard InChI is InChI=1S/C19H16F3N/c1-2-3-4-17(20)19(22)14-7-5-13(6-8-14)15-9-10-16(12-23)18(21)11-15/h5-11H,2-4H2,1H3/b19-17-. The maximum absolute atomic E-state index is 14.0. The summed E-state index contributed by atoms with van der Waals surface area (Å²) in [4.78, 5) is 0. The molecule has 0 saturated heterocycles. The van der Waals surface area contributed by atoms with Crippen LogP contribution >= 0.6 is 0 Å². The molecule has 0 spiro atoms. The predicted molar refractivity (Wildman–Crippen MR) is 85.2 cm³/mol. The van der Waals surface area contributed by atoms with E-state index in [0.29, 0.717) is 17.5 Å². The topological polar surface area (TPSA) is 23.8 Å². The van der Waals surface area contributed by atoms with Gasteiger partial charge in [-0.15, -0.1) is 0 Å². The highest BCUT2D eigenvalue weighted by molar-refractivity contribution is 5.69. The minimum atomic E-state index is -0.851. The summed E-state index contributed by atoms with van der Waals surface area (Å²) in [6.07, 6.45) is 1.48. The van der Waals surface area contributed by atoms with Crippen LogP contribution in [-0.2, 0) is 0 Å². The molecule has 0 fully saturated rings. The largest absolute Gasteiger partial charge is 0.209 e. The fourth-order valence-electron chi connectivity index (χ4n) is 2.19. The molecule has 0 bridgehead atoms. The van der Waals surface area contributed by atoms with E-state index in [9.17, 15) is 13.2 Å². The van der Waals surface area contributed by atoms with Gasteiger partial charge < -0.3 is 0 Å². The lowest BCUT2D eigenvalue weighted by Gasteiger charge is -2.05. The van der Waals surface area contributed by atoms with Gasteiger partial charge in [0, 0.05) is 12.0 Å². The number of hydrogen-bond donors (Lipinski definition) is 0. The molecule has 0 N–H and O–H groups in total. The van der Waals surface area contributed by atoms with E-state index >= 15 is 0 Å². The monoisotopic (exact) mass is 315 g/mol. The van der Waals surface area contributed by atoms with Crippen molar-refractivity contribution in [3.63, 3.8) is 0 Å². The summed E-state index contributed by atoms with van der Waals surface area (Å²) in [5.41, 5.74) is 1.37. The molecule has 0 aliphatic heterocycles. The second kappa shape index (κ2) is 7.64. The summed E-state index contributed by atoms with van der Waals surface area (Å²) in [6.45, 7) is 1.91. The van der Waals surface area contributed by atoms with Gasteiger partial charge in [0.05, 0.1) is 5.56 Å². The van der Waals surface area contributed by atoms with Gasteiger partial charge in [0.25, 0.3) is 0 Å². The van der Waals surface area contributed by atoms with Gasteiger partial charge in [-0.05, 0) is 29.7 Å². The summed E-state index contributed by atoms with van der Waals surface area (Å²) in [5, 5.41) is 8.72. The first-order chi connectivity index (χ1) is 11.1. The van der Waals surface area contributed by atoms with E-state index < -0.39 is 17.5 Å². The smallest absolute Gasteiger partial charge is 0.161 e. The molecular formula is C19H16F3N. The average Bonchev–Trinajstić information content (AvgIpc) is 2.59. The molecule has 0 heterocycles.